The monoisotopic (exact) mass is 342 g/mol. The number of aliphatic hydroxyl groups is 1. The maximum absolute atomic E-state index is 12.1. The van der Waals surface area contributed by atoms with Crippen LogP contribution in [0.5, 0.6) is 0 Å². The Morgan fingerprint density at radius 3 is 2.63 bits per heavy atom. The van der Waals surface area contributed by atoms with Gasteiger partial charge in [-0.1, -0.05) is 28.1 Å². The molecule has 2 N–H and O–H groups in total. The topological polar surface area (TPSA) is 79.3 Å². The number of rotatable bonds is 4. The fraction of sp³-hybridized carbons (Fsp3) is 0.0833. The van der Waals surface area contributed by atoms with Crippen molar-refractivity contribution in [3.8, 4) is 0 Å². The maximum atomic E-state index is 12.1. The molecule has 1 aromatic heterocycles. The molecule has 7 heteroatoms. The molecule has 0 unspecified atom stereocenters. The van der Waals surface area contributed by atoms with Crippen molar-refractivity contribution in [2.75, 3.05) is 4.72 Å². The van der Waals surface area contributed by atoms with Gasteiger partial charge in [-0.15, -0.1) is 0 Å². The number of nitrogens with zero attached hydrogens (tertiary/aromatic N) is 1. The number of pyridine rings is 1. The van der Waals surface area contributed by atoms with Crippen molar-refractivity contribution in [2.45, 2.75) is 11.6 Å². The molecule has 100 valence electrons. The van der Waals surface area contributed by atoms with Crippen LogP contribution in [0.3, 0.4) is 0 Å². The molecule has 2 rings (SSSR count). The van der Waals surface area contributed by atoms with E-state index in [0.29, 0.717) is 11.3 Å². The van der Waals surface area contributed by atoms with E-state index in [-0.39, 0.29) is 11.6 Å². The lowest BCUT2D eigenvalue weighted by atomic mass is 10.3. The van der Waals surface area contributed by atoms with Crippen molar-refractivity contribution < 1.29 is 13.5 Å². The highest BCUT2D eigenvalue weighted by Gasteiger charge is 2.15. The highest BCUT2D eigenvalue weighted by atomic mass is 79.9. The molecule has 0 radical (unpaired) electrons. The van der Waals surface area contributed by atoms with Gasteiger partial charge in [0.1, 0.15) is 0 Å². The van der Waals surface area contributed by atoms with Crippen LogP contribution in [0.2, 0.25) is 0 Å². The molecule has 5 nitrogen and oxygen atoms in total. The van der Waals surface area contributed by atoms with Gasteiger partial charge in [0.2, 0.25) is 0 Å². The van der Waals surface area contributed by atoms with E-state index in [4.69, 9.17) is 5.11 Å². The van der Waals surface area contributed by atoms with Gasteiger partial charge in [0.15, 0.2) is 5.03 Å². The fourth-order valence-corrected chi connectivity index (χ4v) is 2.80. The summed E-state index contributed by atoms with van der Waals surface area (Å²) < 4.78 is 27.3. The summed E-state index contributed by atoms with van der Waals surface area (Å²) in [4.78, 5) is 3.82. The van der Waals surface area contributed by atoms with E-state index >= 15 is 0 Å². The van der Waals surface area contributed by atoms with Crippen LogP contribution in [-0.4, -0.2) is 18.5 Å². The van der Waals surface area contributed by atoms with Gasteiger partial charge in [-0.3, -0.25) is 4.72 Å². The van der Waals surface area contributed by atoms with E-state index in [1.54, 1.807) is 24.3 Å². The normalized spacial score (nSPS) is 11.3. The smallest absolute Gasteiger partial charge is 0.279 e. The average molecular weight is 343 g/mol. The summed E-state index contributed by atoms with van der Waals surface area (Å²) in [5.74, 6) is 0. The predicted octanol–water partition coefficient (Wildman–Crippen LogP) is 2.14. The lowest BCUT2D eigenvalue weighted by Crippen LogP contribution is -2.14. The van der Waals surface area contributed by atoms with Crippen LogP contribution in [0.1, 0.15) is 5.56 Å². The minimum atomic E-state index is -3.72. The average Bonchev–Trinajstić information content (AvgIpc) is 2.38. The Kier molecular flexibility index (Phi) is 4.18. The molecule has 0 aliphatic carbocycles. The van der Waals surface area contributed by atoms with E-state index < -0.39 is 10.0 Å². The summed E-state index contributed by atoms with van der Waals surface area (Å²) in [5.41, 5.74) is 1.00. The SMILES string of the molecule is O=S(=O)(Nc1cccc(Br)c1)c1ccc(CO)cn1. The van der Waals surface area contributed by atoms with Gasteiger partial charge in [0, 0.05) is 16.4 Å². The Balaban J connectivity index is 2.27. The molecule has 0 spiro atoms. The molecular weight excluding hydrogens is 332 g/mol. The van der Waals surface area contributed by atoms with Crippen LogP contribution in [0, 0.1) is 0 Å². The number of sulfonamides is 1. The summed E-state index contributed by atoms with van der Waals surface area (Å²) in [6.07, 6.45) is 1.33. The molecule has 0 amide bonds. The summed E-state index contributed by atoms with van der Waals surface area (Å²) in [5, 5.41) is 8.79. The zero-order valence-corrected chi connectivity index (χ0v) is 12.1. The first-order valence-corrected chi connectivity index (χ1v) is 7.63. The van der Waals surface area contributed by atoms with Gasteiger partial charge >= 0.3 is 0 Å². The second-order valence-electron chi connectivity index (χ2n) is 3.78. The van der Waals surface area contributed by atoms with Crippen LogP contribution in [-0.2, 0) is 16.6 Å². The molecule has 19 heavy (non-hydrogen) atoms. The Labute approximate surface area is 119 Å². The van der Waals surface area contributed by atoms with Crippen LogP contribution >= 0.6 is 15.9 Å². The van der Waals surface area contributed by atoms with E-state index in [2.05, 4.69) is 25.6 Å². The van der Waals surface area contributed by atoms with Crippen LogP contribution in [0.15, 0.2) is 52.1 Å². The van der Waals surface area contributed by atoms with Crippen molar-refractivity contribution in [1.29, 1.82) is 0 Å². The van der Waals surface area contributed by atoms with Crippen molar-refractivity contribution in [3.05, 3.63) is 52.6 Å². The Morgan fingerprint density at radius 1 is 1.26 bits per heavy atom. The first kappa shape index (κ1) is 14.0. The lowest BCUT2D eigenvalue weighted by Gasteiger charge is -2.07. The van der Waals surface area contributed by atoms with E-state index in [9.17, 15) is 8.42 Å². The number of benzene rings is 1. The molecule has 0 saturated heterocycles. The summed E-state index contributed by atoms with van der Waals surface area (Å²) in [7, 11) is -3.72. The molecule has 0 aliphatic heterocycles. The standard InChI is InChI=1S/C12H11BrN2O3S/c13-10-2-1-3-11(6-10)15-19(17,18)12-5-4-9(8-16)7-14-12/h1-7,15-16H,8H2. The fourth-order valence-electron chi connectivity index (χ4n) is 1.42. The largest absolute Gasteiger partial charge is 0.392 e. The molecule has 0 fully saturated rings. The lowest BCUT2D eigenvalue weighted by molar-refractivity contribution is 0.281. The number of hydrogen-bond donors (Lipinski definition) is 2. The Bertz CT molecular complexity index is 672. The Morgan fingerprint density at radius 2 is 2.05 bits per heavy atom. The van der Waals surface area contributed by atoms with Gasteiger partial charge < -0.3 is 5.11 Å². The number of halogens is 1. The van der Waals surface area contributed by atoms with Crippen molar-refractivity contribution in [3.63, 3.8) is 0 Å². The summed E-state index contributed by atoms with van der Waals surface area (Å²) >= 11 is 3.27. The minimum Gasteiger partial charge on any atom is -0.392 e. The van der Waals surface area contributed by atoms with E-state index in [0.717, 1.165) is 4.47 Å². The molecular formula is C12H11BrN2O3S. The highest BCUT2D eigenvalue weighted by molar-refractivity contribution is 9.10. The molecule has 0 saturated carbocycles. The minimum absolute atomic E-state index is 0.0929. The number of nitrogens with one attached hydrogen (secondary N) is 1. The van der Waals surface area contributed by atoms with Crippen molar-refractivity contribution in [2.24, 2.45) is 0 Å². The maximum Gasteiger partial charge on any atom is 0.279 e. The van der Waals surface area contributed by atoms with E-state index in [1.807, 2.05) is 0 Å². The second kappa shape index (κ2) is 5.68. The van der Waals surface area contributed by atoms with Gasteiger partial charge in [-0.05, 0) is 29.8 Å². The Hall–Kier alpha value is -1.44. The molecule has 0 atom stereocenters. The van der Waals surface area contributed by atoms with Crippen molar-refractivity contribution in [1.82, 2.24) is 4.98 Å². The van der Waals surface area contributed by atoms with Gasteiger partial charge in [-0.2, -0.15) is 8.42 Å². The number of aromatic nitrogens is 1. The zero-order chi connectivity index (χ0) is 13.9. The van der Waals surface area contributed by atoms with Gasteiger partial charge in [-0.25, -0.2) is 4.98 Å². The molecule has 0 aliphatic rings. The van der Waals surface area contributed by atoms with Crippen LogP contribution < -0.4 is 4.72 Å². The first-order chi connectivity index (χ1) is 9.01. The zero-order valence-electron chi connectivity index (χ0n) is 9.75. The van der Waals surface area contributed by atoms with Crippen molar-refractivity contribution >= 4 is 31.6 Å². The van der Waals surface area contributed by atoms with Crippen LogP contribution in [0.25, 0.3) is 0 Å². The number of hydrogen-bond acceptors (Lipinski definition) is 4. The summed E-state index contributed by atoms with van der Waals surface area (Å²) in [6.45, 7) is -0.174. The van der Waals surface area contributed by atoms with Crippen LogP contribution in [0.4, 0.5) is 5.69 Å². The molecule has 0 bridgehead atoms. The van der Waals surface area contributed by atoms with Gasteiger partial charge in [0.05, 0.1) is 6.61 Å². The third-order valence-electron chi connectivity index (χ3n) is 2.33. The second-order valence-corrected chi connectivity index (χ2v) is 6.32. The third-order valence-corrected chi connectivity index (χ3v) is 4.12. The summed E-state index contributed by atoms with van der Waals surface area (Å²) in [6, 6.07) is 9.69. The molecule has 1 aromatic carbocycles. The number of anilines is 1. The first-order valence-electron chi connectivity index (χ1n) is 5.35. The third kappa shape index (κ3) is 3.52. The predicted molar refractivity (Wildman–Crippen MR) is 75.1 cm³/mol. The van der Waals surface area contributed by atoms with E-state index in [1.165, 1.54) is 18.3 Å². The molecule has 2 aromatic rings. The highest BCUT2D eigenvalue weighted by Crippen LogP contribution is 2.19. The quantitative estimate of drug-likeness (QED) is 0.891. The van der Waals surface area contributed by atoms with Gasteiger partial charge in [0.25, 0.3) is 10.0 Å². The molecule has 1 heterocycles. The number of aliphatic hydroxyl groups excluding tert-OH is 1.